The highest BCUT2D eigenvalue weighted by Gasteiger charge is 2.30. The van der Waals surface area contributed by atoms with Crippen LogP contribution in [0.4, 0.5) is 0 Å². The summed E-state index contributed by atoms with van der Waals surface area (Å²) in [4.78, 5) is 14.2. The van der Waals surface area contributed by atoms with Gasteiger partial charge in [-0.3, -0.25) is 4.79 Å². The topological polar surface area (TPSA) is 54.7 Å². The van der Waals surface area contributed by atoms with Crippen LogP contribution in [0.3, 0.4) is 0 Å². The van der Waals surface area contributed by atoms with Crippen LogP contribution in [0.5, 0.6) is 0 Å². The number of ether oxygens (including phenoxy) is 1. The highest BCUT2D eigenvalue weighted by atomic mass is 16.5. The summed E-state index contributed by atoms with van der Waals surface area (Å²) in [6.07, 6.45) is 4.07. The summed E-state index contributed by atoms with van der Waals surface area (Å²) in [7, 11) is 0. The maximum atomic E-state index is 12.4. The number of nitrogens with zero attached hydrogens (tertiary/aromatic N) is 2. The average molecular weight is 250 g/mol. The zero-order valence-electron chi connectivity index (χ0n) is 10.3. The molecule has 5 nitrogen and oxygen atoms in total. The molecule has 1 aliphatic heterocycles. The van der Waals surface area contributed by atoms with Crippen molar-refractivity contribution in [1.82, 2.24) is 9.47 Å². The Labute approximate surface area is 106 Å². The highest BCUT2D eigenvalue weighted by Crippen LogP contribution is 2.36. The summed E-state index contributed by atoms with van der Waals surface area (Å²) >= 11 is 0. The summed E-state index contributed by atoms with van der Waals surface area (Å²) in [6, 6.07) is 4.31. The number of hydrogen-bond donors (Lipinski definition) is 1. The number of rotatable bonds is 3. The molecule has 0 radical (unpaired) electrons. The van der Waals surface area contributed by atoms with E-state index in [4.69, 9.17) is 9.84 Å². The van der Waals surface area contributed by atoms with Crippen LogP contribution < -0.4 is 0 Å². The number of aliphatic hydroxyl groups excluding tert-OH is 1. The molecule has 1 saturated carbocycles. The van der Waals surface area contributed by atoms with E-state index in [2.05, 4.69) is 4.57 Å². The maximum Gasteiger partial charge on any atom is 0.270 e. The largest absolute Gasteiger partial charge is 0.394 e. The van der Waals surface area contributed by atoms with Crippen LogP contribution in [-0.4, -0.2) is 52.9 Å². The first-order valence-corrected chi connectivity index (χ1v) is 6.48. The van der Waals surface area contributed by atoms with Gasteiger partial charge in [0.25, 0.3) is 5.91 Å². The predicted octanol–water partition coefficient (Wildman–Crippen LogP) is 0.656. The lowest BCUT2D eigenvalue weighted by molar-refractivity contribution is -0.0449. The quantitative estimate of drug-likeness (QED) is 0.857. The average Bonchev–Trinajstić information content (AvgIpc) is 3.15. The standard InChI is InChI=1S/C13H18N2O3/c16-9-11-8-14(6-7-18-11)13(17)12-2-1-5-15(12)10-3-4-10/h1-2,5,10-11,16H,3-4,6-9H2. The van der Waals surface area contributed by atoms with Gasteiger partial charge in [-0.1, -0.05) is 0 Å². The van der Waals surface area contributed by atoms with Crippen LogP contribution in [0.2, 0.25) is 0 Å². The Morgan fingerprint density at radius 1 is 1.50 bits per heavy atom. The second kappa shape index (κ2) is 4.74. The first kappa shape index (κ1) is 11.7. The third-order valence-corrected chi connectivity index (χ3v) is 3.57. The van der Waals surface area contributed by atoms with Crippen molar-refractivity contribution < 1.29 is 14.6 Å². The number of carbonyl (C=O) groups excluding carboxylic acids is 1. The van der Waals surface area contributed by atoms with Crippen molar-refractivity contribution in [3.05, 3.63) is 24.0 Å². The van der Waals surface area contributed by atoms with Crippen molar-refractivity contribution in [3.8, 4) is 0 Å². The van der Waals surface area contributed by atoms with Crippen LogP contribution in [0, 0.1) is 0 Å². The minimum Gasteiger partial charge on any atom is -0.394 e. The molecule has 18 heavy (non-hydrogen) atoms. The predicted molar refractivity (Wildman–Crippen MR) is 65.4 cm³/mol. The number of hydrogen-bond acceptors (Lipinski definition) is 3. The summed E-state index contributed by atoms with van der Waals surface area (Å²) in [5.41, 5.74) is 0.760. The first-order valence-electron chi connectivity index (χ1n) is 6.48. The lowest BCUT2D eigenvalue weighted by Crippen LogP contribution is -2.47. The molecule has 1 N–H and O–H groups in total. The van der Waals surface area contributed by atoms with Crippen LogP contribution in [-0.2, 0) is 4.74 Å². The van der Waals surface area contributed by atoms with E-state index < -0.39 is 0 Å². The molecule has 1 unspecified atom stereocenters. The van der Waals surface area contributed by atoms with E-state index >= 15 is 0 Å². The molecule has 1 aromatic rings. The van der Waals surface area contributed by atoms with Crippen molar-refractivity contribution in [1.29, 1.82) is 0 Å². The molecule has 5 heteroatoms. The Bertz CT molecular complexity index is 439. The van der Waals surface area contributed by atoms with Gasteiger partial charge in [0.1, 0.15) is 5.69 Å². The maximum absolute atomic E-state index is 12.4. The van der Waals surface area contributed by atoms with Crippen molar-refractivity contribution in [2.24, 2.45) is 0 Å². The van der Waals surface area contributed by atoms with Crippen molar-refractivity contribution >= 4 is 5.91 Å². The van der Waals surface area contributed by atoms with Gasteiger partial charge in [0.2, 0.25) is 0 Å². The fourth-order valence-corrected chi connectivity index (χ4v) is 2.42. The molecule has 0 aromatic carbocycles. The Balaban J connectivity index is 1.74. The lowest BCUT2D eigenvalue weighted by Gasteiger charge is -2.32. The van der Waals surface area contributed by atoms with Crippen LogP contribution in [0.15, 0.2) is 18.3 Å². The minimum absolute atomic E-state index is 0.0343. The van der Waals surface area contributed by atoms with Crippen LogP contribution in [0.25, 0.3) is 0 Å². The molecular formula is C13H18N2O3. The number of morpholine rings is 1. The van der Waals surface area contributed by atoms with Crippen molar-refractivity contribution in [2.75, 3.05) is 26.3 Å². The van der Waals surface area contributed by atoms with Gasteiger partial charge in [0.15, 0.2) is 0 Å². The number of aliphatic hydroxyl groups is 1. The third kappa shape index (κ3) is 2.15. The highest BCUT2D eigenvalue weighted by molar-refractivity contribution is 5.93. The molecule has 98 valence electrons. The molecule has 2 aliphatic rings. The Morgan fingerprint density at radius 2 is 2.33 bits per heavy atom. The fraction of sp³-hybridized carbons (Fsp3) is 0.615. The Morgan fingerprint density at radius 3 is 3.06 bits per heavy atom. The molecule has 0 spiro atoms. The minimum atomic E-state index is -0.243. The zero-order valence-corrected chi connectivity index (χ0v) is 10.3. The summed E-state index contributed by atoms with van der Waals surface area (Å²) in [5, 5.41) is 9.11. The number of carbonyl (C=O) groups is 1. The molecule has 1 saturated heterocycles. The summed E-state index contributed by atoms with van der Waals surface area (Å²) in [5.74, 6) is 0.0497. The molecule has 2 heterocycles. The van der Waals surface area contributed by atoms with Gasteiger partial charge in [-0.15, -0.1) is 0 Å². The van der Waals surface area contributed by atoms with Gasteiger partial charge in [-0.25, -0.2) is 0 Å². The molecule has 1 amide bonds. The Hall–Kier alpha value is -1.33. The first-order chi connectivity index (χ1) is 8.79. The molecule has 0 bridgehead atoms. The van der Waals surface area contributed by atoms with E-state index in [0.29, 0.717) is 25.7 Å². The van der Waals surface area contributed by atoms with E-state index in [0.717, 1.165) is 18.5 Å². The van der Waals surface area contributed by atoms with E-state index in [1.807, 2.05) is 18.3 Å². The van der Waals surface area contributed by atoms with Crippen LogP contribution in [0.1, 0.15) is 29.4 Å². The SMILES string of the molecule is O=C(c1cccn1C1CC1)N1CCOC(CO)C1. The monoisotopic (exact) mass is 250 g/mol. The van der Waals surface area contributed by atoms with E-state index in [-0.39, 0.29) is 18.6 Å². The zero-order chi connectivity index (χ0) is 12.5. The Kier molecular flexibility index (Phi) is 3.09. The lowest BCUT2D eigenvalue weighted by atomic mass is 10.2. The summed E-state index contributed by atoms with van der Waals surface area (Å²) in [6.45, 7) is 1.55. The van der Waals surface area contributed by atoms with E-state index in [1.165, 1.54) is 0 Å². The number of aromatic nitrogens is 1. The molecule has 1 aliphatic carbocycles. The summed E-state index contributed by atoms with van der Waals surface area (Å²) < 4.78 is 7.44. The second-order valence-corrected chi connectivity index (χ2v) is 4.96. The molecule has 2 fully saturated rings. The second-order valence-electron chi connectivity index (χ2n) is 4.96. The molecular weight excluding hydrogens is 232 g/mol. The smallest absolute Gasteiger partial charge is 0.270 e. The molecule has 1 atom stereocenters. The fourth-order valence-electron chi connectivity index (χ4n) is 2.42. The van der Waals surface area contributed by atoms with Crippen molar-refractivity contribution in [2.45, 2.75) is 25.0 Å². The van der Waals surface area contributed by atoms with Crippen molar-refractivity contribution in [3.63, 3.8) is 0 Å². The van der Waals surface area contributed by atoms with E-state index in [9.17, 15) is 4.79 Å². The van der Waals surface area contributed by atoms with E-state index in [1.54, 1.807) is 4.90 Å². The van der Waals surface area contributed by atoms with Gasteiger partial charge in [-0.2, -0.15) is 0 Å². The molecule has 3 rings (SSSR count). The molecule has 1 aromatic heterocycles. The van der Waals surface area contributed by atoms with Gasteiger partial charge < -0.3 is 19.3 Å². The number of amides is 1. The van der Waals surface area contributed by atoms with Gasteiger partial charge in [-0.05, 0) is 25.0 Å². The normalized spacial score (nSPS) is 24.3. The third-order valence-electron chi connectivity index (χ3n) is 3.57. The van der Waals surface area contributed by atoms with Crippen LogP contribution >= 0.6 is 0 Å². The van der Waals surface area contributed by atoms with Gasteiger partial charge >= 0.3 is 0 Å². The van der Waals surface area contributed by atoms with Gasteiger partial charge in [0.05, 0.1) is 19.3 Å². The van der Waals surface area contributed by atoms with Gasteiger partial charge in [0, 0.05) is 25.3 Å².